The Balaban J connectivity index is 0.000000777. The van der Waals surface area contributed by atoms with Crippen LogP contribution in [-0.4, -0.2) is 92.7 Å². The monoisotopic (exact) mass is 2000 g/mol. The predicted octanol–water partition coefficient (Wildman–Crippen LogP) is 35.5. The maximum Gasteiger partial charge on any atom is 0.418 e. The third kappa shape index (κ3) is 63.3. The van der Waals surface area contributed by atoms with Crippen molar-refractivity contribution in [1.29, 1.82) is 0 Å². The van der Waals surface area contributed by atoms with Crippen LogP contribution in [0, 0.1) is 79.1 Å². The highest BCUT2D eigenvalue weighted by atomic mass is 32.2. The van der Waals surface area contributed by atoms with E-state index in [9.17, 15) is 69.9 Å². The molecule has 0 heterocycles. The van der Waals surface area contributed by atoms with Crippen molar-refractivity contribution >= 4 is 139 Å². The van der Waals surface area contributed by atoms with E-state index in [1.54, 1.807) is 71.3 Å². The molecule has 0 aliphatic rings. The van der Waals surface area contributed by atoms with E-state index in [0.29, 0.717) is 89.7 Å². The highest BCUT2D eigenvalue weighted by Gasteiger charge is 2.34. The molecule has 0 amide bonds. The molecule has 0 unspecified atom stereocenters. The van der Waals surface area contributed by atoms with E-state index in [1.165, 1.54) is 207 Å². The number of unbranched alkanes of at least 4 members (excludes halogenated alkanes) is 14. The van der Waals surface area contributed by atoms with Crippen molar-refractivity contribution in [2.75, 3.05) is 78.4 Å². The molecule has 133 heavy (non-hydrogen) atoms. The summed E-state index contributed by atoms with van der Waals surface area (Å²) in [6, 6.07) is 34.0. The van der Waals surface area contributed by atoms with Crippen LogP contribution in [-0.2, 0) is 6.18 Å². The van der Waals surface area contributed by atoms with Gasteiger partial charge in [0.15, 0.2) is 5.82 Å². The van der Waals surface area contributed by atoms with E-state index in [1.807, 2.05) is 48.3 Å². The zero-order chi connectivity index (χ0) is 99.2. The van der Waals surface area contributed by atoms with Gasteiger partial charge in [-0.05, 0) is 155 Å². The first-order chi connectivity index (χ1) is 63.5. The average Bonchev–Trinajstić information content (AvgIpc) is 0.792. The summed E-state index contributed by atoms with van der Waals surface area (Å²) >= 11 is 12.5. The standard InChI is InChI=1S/C15H21F4NS.C15H24N2O2S.C15H25NS.C14H21F2NS.2C14H21FN2O2S.C14H22FNS/c1-3-4-5-6-11(2)21-10-20-14-8-7-12(16)9-13(14)15(17,18)19;1-4-5-6-7-13(3)20-11-16-14-9-8-12(2)10-15(14)17(18)19;1-4-5-6-7-14(3)17-12-16-15-10-8-13(2)9-11-15;1-3-4-5-6-11(2)18-10-17-14-8-7-12(15)9-13(14)16;1-3-4-5-6-11(2)20-10-16-14-8-7-12(17(18)19)9-13(14)15;1-3-4-5-6-11(2)20-10-16-13-8-7-12(15)9-14(13)17(18)19;1-3-4-5-6-12(2)17-11-16-14-9-7-13(15)8-10-14/h7-9,11,20H,3-6,10H2,1-2H3;8-10,13,16H,4-7,11H2,1-3H3;8-11,14,16H,4-7,12H2,1-3H3;7-9,11,17H,3-6,10H2,1-2H3;2*7-9,11,16H,3-6,10H2,1-2H3;7-10,12,16H,3-6,11H2,1-2H3/t11-;13-;14-;3*11-;12-/m1111111/s1. The molecule has 0 radical (unpaired) electrons. The summed E-state index contributed by atoms with van der Waals surface area (Å²) in [4.78, 5) is 30.9. The Labute approximate surface area is 821 Å². The molecular formula is C101H155F9N10O6S7. The van der Waals surface area contributed by atoms with Crippen LogP contribution >= 0.6 is 82.3 Å². The fourth-order valence-corrected chi connectivity index (χ4v) is 18.5. The van der Waals surface area contributed by atoms with Gasteiger partial charge < -0.3 is 37.2 Å². The second kappa shape index (κ2) is 77.1. The van der Waals surface area contributed by atoms with Crippen molar-refractivity contribution in [3.05, 3.63) is 221 Å². The van der Waals surface area contributed by atoms with Crippen molar-refractivity contribution in [2.45, 2.75) is 333 Å². The van der Waals surface area contributed by atoms with Crippen LogP contribution in [0.5, 0.6) is 0 Å². The molecule has 0 saturated carbocycles. The van der Waals surface area contributed by atoms with E-state index in [0.717, 1.165) is 90.7 Å². The Kier molecular flexibility index (Phi) is 72.0. The maximum atomic E-state index is 13.6. The van der Waals surface area contributed by atoms with Gasteiger partial charge in [0, 0.05) is 72.0 Å². The first kappa shape index (κ1) is 124. The van der Waals surface area contributed by atoms with Gasteiger partial charge in [-0.1, -0.05) is 256 Å². The minimum Gasteiger partial charge on any atom is -0.376 e. The SMILES string of the molecule is CCCCC[C@@H](C)SCNc1ccc(C)cc1.CCCCC[C@@H](C)SCNc1ccc(C)cc1[N+](=O)[O-].CCCCC[C@@H](C)SCNc1ccc(F)cc1.CCCCC[C@@H](C)SCNc1ccc(F)cc1C(F)(F)F.CCCCC[C@@H](C)SCNc1ccc(F)cc1F.CCCCC[C@@H](C)SCNc1ccc(F)cc1[N+](=O)[O-].CCCCC[C@@H](C)SCNc1ccc([N+](=O)[O-])cc1F. The fourth-order valence-electron chi connectivity index (χ4n) is 12.5. The maximum absolute atomic E-state index is 13.6. The lowest BCUT2D eigenvalue weighted by atomic mass is 10.1. The van der Waals surface area contributed by atoms with Gasteiger partial charge in [-0.2, -0.15) is 13.2 Å². The Morgan fingerprint density at radius 2 is 0.541 bits per heavy atom. The number of nitro groups is 3. The third-order valence-corrected chi connectivity index (χ3v) is 28.5. The number of benzene rings is 7. The molecule has 7 aromatic rings. The molecule has 0 bridgehead atoms. The van der Waals surface area contributed by atoms with Crippen LogP contribution in [0.1, 0.15) is 293 Å². The molecule has 7 aromatic carbocycles. The number of nitro benzene ring substituents is 3. The molecule has 7 N–H and O–H groups in total. The van der Waals surface area contributed by atoms with Gasteiger partial charge in [-0.15, -0.1) is 82.3 Å². The number of anilines is 7. The number of hydrogen-bond acceptors (Lipinski definition) is 20. The number of hydrogen-bond donors (Lipinski definition) is 7. The topological polar surface area (TPSA) is 214 Å². The number of thioether (sulfide) groups is 7. The first-order valence-corrected chi connectivity index (χ1v) is 54.6. The van der Waals surface area contributed by atoms with Crippen molar-refractivity contribution < 1.29 is 54.3 Å². The van der Waals surface area contributed by atoms with Gasteiger partial charge in [0.2, 0.25) is 0 Å². The molecule has 16 nitrogen and oxygen atoms in total. The van der Waals surface area contributed by atoms with Gasteiger partial charge in [0.05, 0.1) is 85.0 Å². The molecule has 0 saturated heterocycles. The summed E-state index contributed by atoms with van der Waals surface area (Å²) in [6.07, 6.45) is 30.1. The minimum absolute atomic E-state index is 0.0721. The third-order valence-electron chi connectivity index (χ3n) is 20.7. The lowest BCUT2D eigenvalue weighted by Crippen LogP contribution is -2.12. The largest absolute Gasteiger partial charge is 0.418 e. The fraction of sp³-hybridized carbons (Fsp3) is 0.584. The Hall–Kier alpha value is -6.84. The summed E-state index contributed by atoms with van der Waals surface area (Å²) in [7, 11) is 0. The van der Waals surface area contributed by atoms with E-state index in [-0.39, 0.29) is 33.5 Å². The molecule has 7 atom stereocenters. The Morgan fingerprint density at radius 1 is 0.286 bits per heavy atom. The molecule has 750 valence electrons. The van der Waals surface area contributed by atoms with Gasteiger partial charge in [0.25, 0.3) is 17.1 Å². The van der Waals surface area contributed by atoms with E-state index >= 15 is 0 Å². The first-order valence-electron chi connectivity index (χ1n) is 47.3. The lowest BCUT2D eigenvalue weighted by molar-refractivity contribution is -0.385. The van der Waals surface area contributed by atoms with Crippen molar-refractivity contribution in [3.63, 3.8) is 0 Å². The molecule has 0 aromatic heterocycles. The Morgan fingerprint density at radius 3 is 0.857 bits per heavy atom. The number of nitrogens with zero attached hydrogens (tertiary/aromatic N) is 3. The number of non-ortho nitro benzene ring substituents is 1. The molecule has 32 heteroatoms. The summed E-state index contributed by atoms with van der Waals surface area (Å²) in [5.41, 5.74) is 4.76. The second-order valence-electron chi connectivity index (χ2n) is 32.9. The molecule has 7 rings (SSSR count). The minimum atomic E-state index is -4.55. The van der Waals surface area contributed by atoms with Crippen molar-refractivity contribution in [1.82, 2.24) is 0 Å². The van der Waals surface area contributed by atoms with Gasteiger partial charge in [-0.25, -0.2) is 26.3 Å². The van der Waals surface area contributed by atoms with Gasteiger partial charge in [0.1, 0.15) is 40.5 Å². The number of halogens is 9. The van der Waals surface area contributed by atoms with Crippen LogP contribution < -0.4 is 37.2 Å². The molecule has 0 spiro atoms. The highest BCUT2D eigenvalue weighted by molar-refractivity contribution is 8.01. The highest BCUT2D eigenvalue weighted by Crippen LogP contribution is 2.37. The van der Waals surface area contributed by atoms with Crippen molar-refractivity contribution in [3.8, 4) is 0 Å². The molecule has 0 fully saturated rings. The van der Waals surface area contributed by atoms with E-state index < -0.39 is 50.7 Å². The number of nitrogens with one attached hydrogen (secondary N) is 7. The smallest absolute Gasteiger partial charge is 0.376 e. The van der Waals surface area contributed by atoms with E-state index in [4.69, 9.17) is 0 Å². The number of aryl methyl sites for hydroxylation is 2. The predicted molar refractivity (Wildman–Crippen MR) is 567 cm³/mol. The zero-order valence-electron chi connectivity index (χ0n) is 81.6. The summed E-state index contributed by atoms with van der Waals surface area (Å²) in [5, 5.41) is 58.0. The summed E-state index contributed by atoms with van der Waals surface area (Å²) < 4.78 is 117. The van der Waals surface area contributed by atoms with Crippen LogP contribution in [0.3, 0.4) is 0 Å². The average molecular weight is 2000 g/mol. The quantitative estimate of drug-likeness (QED) is 0.00621. The van der Waals surface area contributed by atoms with Crippen LogP contribution in [0.25, 0.3) is 0 Å². The Bertz CT molecular complexity index is 4040. The van der Waals surface area contributed by atoms with Crippen LogP contribution in [0.4, 0.5) is 96.4 Å². The lowest BCUT2D eigenvalue weighted by Gasteiger charge is -2.16. The van der Waals surface area contributed by atoms with Crippen molar-refractivity contribution in [2.24, 2.45) is 0 Å². The van der Waals surface area contributed by atoms with Gasteiger partial charge in [-0.3, -0.25) is 30.3 Å². The van der Waals surface area contributed by atoms with Crippen LogP contribution in [0.15, 0.2) is 140 Å². The summed E-state index contributed by atoms with van der Waals surface area (Å²) in [5.74, 6) is 1.49. The van der Waals surface area contributed by atoms with Crippen LogP contribution in [0.2, 0.25) is 0 Å². The normalized spacial score (nSPS) is 12.4. The molecular weight excluding hydrogens is 1840 g/mol. The van der Waals surface area contributed by atoms with E-state index in [2.05, 4.69) is 165 Å². The second-order valence-corrected chi connectivity index (χ2v) is 42.8. The van der Waals surface area contributed by atoms with Gasteiger partial charge >= 0.3 is 6.18 Å². The molecule has 0 aliphatic carbocycles. The number of alkyl halides is 3. The number of rotatable bonds is 59. The summed E-state index contributed by atoms with van der Waals surface area (Å²) in [6.45, 7) is 34.7. The zero-order valence-corrected chi connectivity index (χ0v) is 87.3. The molecule has 0 aliphatic heterocycles.